The molecule has 7 heteroatoms. The average molecular weight is 529 g/mol. The Bertz CT molecular complexity index is 1610. The van der Waals surface area contributed by atoms with Crippen molar-refractivity contribution in [3.63, 3.8) is 0 Å². The van der Waals surface area contributed by atoms with Crippen LogP contribution in [-0.2, 0) is 26.8 Å². The van der Waals surface area contributed by atoms with Gasteiger partial charge in [0.2, 0.25) is 0 Å². The maximum atomic E-state index is 13.8. The van der Waals surface area contributed by atoms with Crippen LogP contribution in [0.25, 0.3) is 10.8 Å². The minimum Gasteiger partial charge on any atom is -0.476 e. The standard InChI is InChI=1S/C31H32N2O4S/c1-21-9-14-26(15-10-21)38(35,36)33-20-29(37-28-16-13-25(18-27(28)33)31(2,3)4)30(34)32-19-22-11-12-23-7-5-6-8-24(23)17-22/h5-18,29H,19-20H2,1-4H3,(H,32,34)/t29-/m1/s1. The van der Waals surface area contributed by atoms with Gasteiger partial charge in [-0.25, -0.2) is 8.42 Å². The molecule has 0 unspecified atom stereocenters. The van der Waals surface area contributed by atoms with Gasteiger partial charge in [-0.2, -0.15) is 0 Å². The Balaban J connectivity index is 1.44. The molecule has 196 valence electrons. The fourth-order valence-electron chi connectivity index (χ4n) is 4.57. The van der Waals surface area contributed by atoms with E-state index in [2.05, 4.69) is 26.1 Å². The van der Waals surface area contributed by atoms with Gasteiger partial charge < -0.3 is 10.1 Å². The lowest BCUT2D eigenvalue weighted by Gasteiger charge is -2.36. The van der Waals surface area contributed by atoms with Crippen LogP contribution < -0.4 is 14.4 Å². The molecule has 0 radical (unpaired) electrons. The zero-order valence-corrected chi connectivity index (χ0v) is 22.9. The molecule has 6 nitrogen and oxygen atoms in total. The fourth-order valence-corrected chi connectivity index (χ4v) is 6.04. The van der Waals surface area contributed by atoms with Crippen LogP contribution in [0.4, 0.5) is 5.69 Å². The summed E-state index contributed by atoms with van der Waals surface area (Å²) in [6, 6.07) is 26.3. The summed E-state index contributed by atoms with van der Waals surface area (Å²) >= 11 is 0. The summed E-state index contributed by atoms with van der Waals surface area (Å²) < 4.78 is 35.1. The first-order valence-corrected chi connectivity index (χ1v) is 14.1. The minimum atomic E-state index is -3.94. The zero-order valence-electron chi connectivity index (χ0n) is 22.1. The van der Waals surface area contributed by atoms with Crippen LogP contribution in [0.15, 0.2) is 89.8 Å². The Hall–Kier alpha value is -3.84. The molecule has 0 saturated heterocycles. The molecule has 0 aromatic heterocycles. The summed E-state index contributed by atoms with van der Waals surface area (Å²) in [6.07, 6.45) is -0.997. The highest BCUT2D eigenvalue weighted by Gasteiger charge is 2.38. The number of rotatable bonds is 5. The number of nitrogens with one attached hydrogen (secondary N) is 1. The number of hydrogen-bond donors (Lipinski definition) is 1. The van der Waals surface area contributed by atoms with Crippen molar-refractivity contribution in [1.82, 2.24) is 5.32 Å². The minimum absolute atomic E-state index is 0.125. The lowest BCUT2D eigenvalue weighted by atomic mass is 9.86. The van der Waals surface area contributed by atoms with E-state index < -0.39 is 16.1 Å². The number of hydrogen-bond acceptors (Lipinski definition) is 4. The van der Waals surface area contributed by atoms with Gasteiger partial charge in [-0.3, -0.25) is 9.10 Å². The van der Waals surface area contributed by atoms with E-state index in [-0.39, 0.29) is 22.8 Å². The van der Waals surface area contributed by atoms with Gasteiger partial charge in [-0.15, -0.1) is 0 Å². The second-order valence-corrected chi connectivity index (χ2v) is 12.6. The molecule has 1 atom stereocenters. The molecule has 0 spiro atoms. The van der Waals surface area contributed by atoms with Crippen molar-refractivity contribution in [2.45, 2.75) is 50.7 Å². The van der Waals surface area contributed by atoms with Crippen LogP contribution in [0.3, 0.4) is 0 Å². The first-order valence-electron chi connectivity index (χ1n) is 12.7. The van der Waals surface area contributed by atoms with Crippen molar-refractivity contribution < 1.29 is 17.9 Å². The molecule has 5 rings (SSSR count). The first-order chi connectivity index (χ1) is 18.0. The van der Waals surface area contributed by atoms with Crippen LogP contribution in [-0.4, -0.2) is 27.0 Å². The fraction of sp³-hybridized carbons (Fsp3) is 0.258. The number of aryl methyl sites for hydroxylation is 1. The number of benzene rings is 4. The van der Waals surface area contributed by atoms with Crippen molar-refractivity contribution in [2.75, 3.05) is 10.8 Å². The van der Waals surface area contributed by atoms with E-state index in [0.29, 0.717) is 18.0 Å². The quantitative estimate of drug-likeness (QED) is 0.360. The number of fused-ring (bicyclic) bond motifs is 2. The third-order valence-corrected chi connectivity index (χ3v) is 8.67. The van der Waals surface area contributed by atoms with Gasteiger partial charge in [-0.05, 0) is 64.6 Å². The van der Waals surface area contributed by atoms with Gasteiger partial charge in [0.1, 0.15) is 5.75 Å². The number of sulfonamides is 1. The number of amides is 1. The maximum Gasteiger partial charge on any atom is 0.264 e. The molecule has 0 fully saturated rings. The molecule has 38 heavy (non-hydrogen) atoms. The Morgan fingerprint density at radius 2 is 1.66 bits per heavy atom. The number of anilines is 1. The Morgan fingerprint density at radius 1 is 0.947 bits per heavy atom. The summed E-state index contributed by atoms with van der Waals surface area (Å²) in [7, 11) is -3.94. The largest absolute Gasteiger partial charge is 0.476 e. The van der Waals surface area contributed by atoms with Gasteiger partial charge in [-0.1, -0.05) is 80.9 Å². The summed E-state index contributed by atoms with van der Waals surface area (Å²) in [5.74, 6) is -0.00129. The number of carbonyl (C=O) groups excluding carboxylic acids is 1. The lowest BCUT2D eigenvalue weighted by Crippen LogP contribution is -2.50. The van der Waals surface area contributed by atoms with Crippen molar-refractivity contribution in [3.05, 3.63) is 102 Å². The van der Waals surface area contributed by atoms with Gasteiger partial charge in [0.25, 0.3) is 15.9 Å². The van der Waals surface area contributed by atoms with Crippen molar-refractivity contribution in [2.24, 2.45) is 0 Å². The van der Waals surface area contributed by atoms with Crippen LogP contribution >= 0.6 is 0 Å². The van der Waals surface area contributed by atoms with Gasteiger partial charge in [0, 0.05) is 6.54 Å². The van der Waals surface area contributed by atoms with Crippen LogP contribution in [0.1, 0.15) is 37.5 Å². The van der Waals surface area contributed by atoms with E-state index in [1.807, 2.05) is 61.5 Å². The SMILES string of the molecule is Cc1ccc(S(=O)(=O)N2C[C@H](C(=O)NCc3ccc4ccccc4c3)Oc3ccc(C(C)(C)C)cc32)cc1. The van der Waals surface area contributed by atoms with E-state index >= 15 is 0 Å². The van der Waals surface area contributed by atoms with Crippen LogP contribution in [0.5, 0.6) is 5.75 Å². The molecule has 0 saturated carbocycles. The molecule has 1 aliphatic heterocycles. The van der Waals surface area contributed by atoms with Gasteiger partial charge in [0.15, 0.2) is 6.10 Å². The Morgan fingerprint density at radius 3 is 2.37 bits per heavy atom. The summed E-state index contributed by atoms with van der Waals surface area (Å²) in [4.78, 5) is 13.4. The third-order valence-electron chi connectivity index (χ3n) is 6.88. The molecule has 1 aliphatic rings. The number of nitrogens with zero attached hydrogens (tertiary/aromatic N) is 1. The topological polar surface area (TPSA) is 75.7 Å². The average Bonchev–Trinajstić information content (AvgIpc) is 2.90. The van der Waals surface area contributed by atoms with E-state index in [4.69, 9.17) is 4.74 Å². The second kappa shape index (κ2) is 9.80. The van der Waals surface area contributed by atoms with E-state index in [9.17, 15) is 13.2 Å². The summed E-state index contributed by atoms with van der Waals surface area (Å²) in [5.41, 5.74) is 3.14. The Labute approximate surface area is 224 Å². The van der Waals surface area contributed by atoms with Crippen LogP contribution in [0, 0.1) is 6.92 Å². The number of ether oxygens (including phenoxy) is 1. The van der Waals surface area contributed by atoms with E-state index in [1.54, 1.807) is 30.3 Å². The Kier molecular flexibility index (Phi) is 6.65. The highest BCUT2D eigenvalue weighted by molar-refractivity contribution is 7.92. The third kappa shape index (κ3) is 5.11. The molecule has 1 amide bonds. The molecular formula is C31H32N2O4S. The van der Waals surface area contributed by atoms with Crippen molar-refractivity contribution in [1.29, 1.82) is 0 Å². The normalized spacial score (nSPS) is 15.6. The number of carbonyl (C=O) groups is 1. The highest BCUT2D eigenvalue weighted by Crippen LogP contribution is 2.40. The summed E-state index contributed by atoms with van der Waals surface area (Å²) in [6.45, 7) is 8.30. The molecule has 4 aromatic rings. The van der Waals surface area contributed by atoms with E-state index in [0.717, 1.165) is 27.5 Å². The maximum absolute atomic E-state index is 13.8. The predicted molar refractivity (Wildman–Crippen MR) is 151 cm³/mol. The molecular weight excluding hydrogens is 496 g/mol. The van der Waals surface area contributed by atoms with E-state index in [1.165, 1.54) is 4.31 Å². The molecule has 1 N–H and O–H groups in total. The monoisotopic (exact) mass is 528 g/mol. The van der Waals surface area contributed by atoms with Gasteiger partial charge >= 0.3 is 0 Å². The smallest absolute Gasteiger partial charge is 0.264 e. The van der Waals surface area contributed by atoms with Crippen LogP contribution in [0.2, 0.25) is 0 Å². The molecule has 0 bridgehead atoms. The first kappa shape index (κ1) is 25.8. The molecule has 4 aromatic carbocycles. The molecule has 1 heterocycles. The second-order valence-electron chi connectivity index (χ2n) is 10.8. The lowest BCUT2D eigenvalue weighted by molar-refractivity contribution is -0.127. The van der Waals surface area contributed by atoms with Crippen molar-refractivity contribution in [3.8, 4) is 5.75 Å². The summed E-state index contributed by atoms with van der Waals surface area (Å²) in [5, 5.41) is 5.15. The van der Waals surface area contributed by atoms with Gasteiger partial charge in [0.05, 0.1) is 17.1 Å². The predicted octanol–water partition coefficient (Wildman–Crippen LogP) is 5.72. The van der Waals surface area contributed by atoms with Crippen molar-refractivity contribution >= 4 is 32.4 Å². The molecule has 0 aliphatic carbocycles. The highest BCUT2D eigenvalue weighted by atomic mass is 32.2. The zero-order chi connectivity index (χ0) is 27.1.